The lowest BCUT2D eigenvalue weighted by Gasteiger charge is -2.09. The van der Waals surface area contributed by atoms with Crippen LogP contribution in [0, 0.1) is 13.8 Å². The van der Waals surface area contributed by atoms with Crippen molar-refractivity contribution in [3.8, 4) is 5.88 Å². The fourth-order valence-corrected chi connectivity index (χ4v) is 1.64. The second kappa shape index (κ2) is 5.15. The van der Waals surface area contributed by atoms with Crippen molar-refractivity contribution in [1.82, 2.24) is 9.97 Å². The molecule has 0 radical (unpaired) electrons. The summed E-state index contributed by atoms with van der Waals surface area (Å²) in [6, 6.07) is 9.93. The number of aromatic nitrogens is 2. The largest absolute Gasteiger partial charge is 0.472 e. The summed E-state index contributed by atoms with van der Waals surface area (Å²) in [5.74, 6) is 1.16. The predicted molar refractivity (Wildman–Crippen MR) is 67.3 cm³/mol. The fourth-order valence-electron chi connectivity index (χ4n) is 1.44. The van der Waals surface area contributed by atoms with E-state index in [1.807, 2.05) is 37.3 Å². The second-order valence-corrected chi connectivity index (χ2v) is 4.12. The molecule has 0 N–H and O–H groups in total. The molecule has 0 bridgehead atoms. The van der Waals surface area contributed by atoms with E-state index in [-0.39, 0.29) is 0 Å². The van der Waals surface area contributed by atoms with Gasteiger partial charge in [0.1, 0.15) is 17.6 Å². The predicted octanol–water partition coefficient (Wildman–Crippen LogP) is 3.33. The normalized spacial score (nSPS) is 10.3. The average Bonchev–Trinajstić information content (AvgIpc) is 2.33. The molecule has 0 amide bonds. The van der Waals surface area contributed by atoms with Gasteiger partial charge in [0.05, 0.1) is 0 Å². The monoisotopic (exact) mass is 248 g/mol. The lowest BCUT2D eigenvalue weighted by molar-refractivity contribution is 0.290. The second-order valence-electron chi connectivity index (χ2n) is 3.77. The standard InChI is InChI=1S/C13H13ClN2O/c1-9-12(14)15-10(2)16-13(9)17-8-11-6-4-3-5-7-11/h3-7H,8H2,1-2H3. The van der Waals surface area contributed by atoms with E-state index in [0.29, 0.717) is 23.5 Å². The number of aryl methyl sites for hydroxylation is 1. The zero-order chi connectivity index (χ0) is 12.3. The highest BCUT2D eigenvalue weighted by molar-refractivity contribution is 6.30. The van der Waals surface area contributed by atoms with Crippen LogP contribution in [0.25, 0.3) is 0 Å². The first-order valence-corrected chi connectivity index (χ1v) is 5.72. The molecule has 0 aliphatic rings. The average molecular weight is 249 g/mol. The van der Waals surface area contributed by atoms with E-state index in [9.17, 15) is 0 Å². The van der Waals surface area contributed by atoms with Gasteiger partial charge in [-0.05, 0) is 19.4 Å². The van der Waals surface area contributed by atoms with Crippen LogP contribution >= 0.6 is 11.6 Å². The van der Waals surface area contributed by atoms with Crippen LogP contribution in [0.15, 0.2) is 30.3 Å². The highest BCUT2D eigenvalue weighted by atomic mass is 35.5. The molecule has 0 saturated heterocycles. The molecule has 0 atom stereocenters. The Bertz CT molecular complexity index is 514. The minimum Gasteiger partial charge on any atom is -0.472 e. The van der Waals surface area contributed by atoms with Gasteiger partial charge in [0, 0.05) is 5.56 Å². The van der Waals surface area contributed by atoms with Crippen molar-refractivity contribution in [2.75, 3.05) is 0 Å². The van der Waals surface area contributed by atoms with E-state index in [2.05, 4.69) is 9.97 Å². The summed E-state index contributed by atoms with van der Waals surface area (Å²) in [6.07, 6.45) is 0. The molecule has 0 aliphatic heterocycles. The van der Waals surface area contributed by atoms with Gasteiger partial charge in [0.15, 0.2) is 0 Å². The molecule has 0 aliphatic carbocycles. The van der Waals surface area contributed by atoms with Crippen LogP contribution < -0.4 is 4.74 Å². The van der Waals surface area contributed by atoms with E-state index in [1.54, 1.807) is 6.92 Å². The molecule has 88 valence electrons. The maximum atomic E-state index is 5.97. The van der Waals surface area contributed by atoms with Crippen LogP contribution in [0.3, 0.4) is 0 Å². The third-order valence-corrected chi connectivity index (χ3v) is 2.74. The Morgan fingerprint density at radius 1 is 1.12 bits per heavy atom. The molecule has 0 saturated carbocycles. The maximum Gasteiger partial charge on any atom is 0.221 e. The SMILES string of the molecule is Cc1nc(Cl)c(C)c(OCc2ccccc2)n1. The summed E-state index contributed by atoms with van der Waals surface area (Å²) < 4.78 is 5.65. The van der Waals surface area contributed by atoms with E-state index >= 15 is 0 Å². The molecular weight excluding hydrogens is 236 g/mol. The van der Waals surface area contributed by atoms with Gasteiger partial charge in [-0.25, -0.2) is 4.98 Å². The van der Waals surface area contributed by atoms with E-state index in [1.165, 1.54) is 0 Å². The number of hydrogen-bond acceptors (Lipinski definition) is 3. The molecule has 0 fully saturated rings. The van der Waals surface area contributed by atoms with Gasteiger partial charge in [-0.2, -0.15) is 4.98 Å². The van der Waals surface area contributed by atoms with Gasteiger partial charge in [-0.1, -0.05) is 41.9 Å². The fraction of sp³-hybridized carbons (Fsp3) is 0.231. The summed E-state index contributed by atoms with van der Waals surface area (Å²) in [4.78, 5) is 8.29. The number of nitrogens with zero attached hydrogens (tertiary/aromatic N) is 2. The molecule has 1 aromatic carbocycles. The van der Waals surface area contributed by atoms with Gasteiger partial charge >= 0.3 is 0 Å². The van der Waals surface area contributed by atoms with Gasteiger partial charge in [-0.15, -0.1) is 0 Å². The summed E-state index contributed by atoms with van der Waals surface area (Å²) in [5.41, 5.74) is 1.87. The molecule has 1 aromatic heterocycles. The Morgan fingerprint density at radius 3 is 2.53 bits per heavy atom. The Morgan fingerprint density at radius 2 is 1.82 bits per heavy atom. The first kappa shape index (κ1) is 11.9. The maximum absolute atomic E-state index is 5.97. The Hall–Kier alpha value is -1.61. The quantitative estimate of drug-likeness (QED) is 0.782. The number of hydrogen-bond donors (Lipinski definition) is 0. The van der Waals surface area contributed by atoms with Crippen molar-refractivity contribution in [2.45, 2.75) is 20.5 Å². The highest BCUT2D eigenvalue weighted by Gasteiger charge is 2.08. The van der Waals surface area contributed by atoms with Crippen molar-refractivity contribution in [1.29, 1.82) is 0 Å². The van der Waals surface area contributed by atoms with E-state index in [0.717, 1.165) is 11.1 Å². The third-order valence-electron chi connectivity index (χ3n) is 2.37. The van der Waals surface area contributed by atoms with Gasteiger partial charge in [0.25, 0.3) is 0 Å². The number of rotatable bonds is 3. The van der Waals surface area contributed by atoms with Gasteiger partial charge in [0.2, 0.25) is 5.88 Å². The van der Waals surface area contributed by atoms with E-state index in [4.69, 9.17) is 16.3 Å². The first-order valence-electron chi connectivity index (χ1n) is 5.34. The molecular formula is C13H13ClN2O. The van der Waals surface area contributed by atoms with Crippen LogP contribution in [0.1, 0.15) is 17.0 Å². The molecule has 3 nitrogen and oxygen atoms in total. The zero-order valence-electron chi connectivity index (χ0n) is 9.77. The molecule has 2 aromatic rings. The lowest BCUT2D eigenvalue weighted by Crippen LogP contribution is -2.02. The van der Waals surface area contributed by atoms with Crippen molar-refractivity contribution < 1.29 is 4.74 Å². The molecule has 17 heavy (non-hydrogen) atoms. The third kappa shape index (κ3) is 2.94. The van der Waals surface area contributed by atoms with Crippen LogP contribution in [0.5, 0.6) is 5.88 Å². The van der Waals surface area contributed by atoms with Crippen LogP contribution in [-0.2, 0) is 6.61 Å². The summed E-state index contributed by atoms with van der Waals surface area (Å²) in [7, 11) is 0. The number of benzene rings is 1. The van der Waals surface area contributed by atoms with Gasteiger partial charge < -0.3 is 4.74 Å². The smallest absolute Gasteiger partial charge is 0.221 e. The number of ether oxygens (including phenoxy) is 1. The summed E-state index contributed by atoms with van der Waals surface area (Å²) >= 11 is 5.97. The minimum absolute atomic E-state index is 0.445. The van der Waals surface area contributed by atoms with Crippen LogP contribution in [0.4, 0.5) is 0 Å². The zero-order valence-corrected chi connectivity index (χ0v) is 10.5. The molecule has 0 spiro atoms. The van der Waals surface area contributed by atoms with Crippen molar-refractivity contribution in [3.63, 3.8) is 0 Å². The Kier molecular flexibility index (Phi) is 3.59. The molecule has 0 unspecified atom stereocenters. The van der Waals surface area contributed by atoms with E-state index < -0.39 is 0 Å². The first-order chi connectivity index (χ1) is 8.16. The van der Waals surface area contributed by atoms with Crippen molar-refractivity contribution in [2.24, 2.45) is 0 Å². The summed E-state index contributed by atoms with van der Waals surface area (Å²) in [5, 5.41) is 0.445. The molecule has 2 rings (SSSR count). The lowest BCUT2D eigenvalue weighted by atomic mass is 10.2. The molecule has 4 heteroatoms. The highest BCUT2D eigenvalue weighted by Crippen LogP contribution is 2.22. The van der Waals surface area contributed by atoms with Gasteiger partial charge in [-0.3, -0.25) is 0 Å². The Balaban J connectivity index is 2.14. The topological polar surface area (TPSA) is 35.0 Å². The van der Waals surface area contributed by atoms with Crippen molar-refractivity contribution in [3.05, 3.63) is 52.4 Å². The van der Waals surface area contributed by atoms with Crippen LogP contribution in [0.2, 0.25) is 5.15 Å². The molecule has 1 heterocycles. The minimum atomic E-state index is 0.445. The number of halogens is 1. The Labute approximate surface area is 105 Å². The summed E-state index contributed by atoms with van der Waals surface area (Å²) in [6.45, 7) is 4.12. The van der Waals surface area contributed by atoms with Crippen molar-refractivity contribution >= 4 is 11.6 Å². The van der Waals surface area contributed by atoms with Crippen LogP contribution in [-0.4, -0.2) is 9.97 Å².